The fourth-order valence-corrected chi connectivity index (χ4v) is 4.54. The second-order valence-corrected chi connectivity index (χ2v) is 8.36. The number of nitrogens with zero attached hydrogens (tertiary/aromatic N) is 3. The number of methoxy groups -OCH3 is 1. The molecule has 0 saturated carbocycles. The van der Waals surface area contributed by atoms with Gasteiger partial charge in [0.05, 0.1) is 19.4 Å². The van der Waals surface area contributed by atoms with Crippen molar-refractivity contribution >= 4 is 17.5 Å². The molecule has 2 saturated heterocycles. The number of anilines is 1. The molecule has 2 aromatic carbocycles. The predicted octanol–water partition coefficient (Wildman–Crippen LogP) is 2.83. The van der Waals surface area contributed by atoms with Crippen molar-refractivity contribution in [2.24, 2.45) is 5.92 Å². The Morgan fingerprint density at radius 1 is 0.935 bits per heavy atom. The van der Waals surface area contributed by atoms with E-state index in [2.05, 4.69) is 11.0 Å². The third-order valence-corrected chi connectivity index (χ3v) is 6.33. The molecule has 0 spiro atoms. The molecule has 0 unspecified atom stereocenters. The number of carbonyl (C=O) groups excluding carboxylic acids is 2. The first-order chi connectivity index (χ1) is 15.1. The largest absolute Gasteiger partial charge is 0.497 e. The molecule has 0 aromatic heterocycles. The van der Waals surface area contributed by atoms with Crippen LogP contribution in [0.25, 0.3) is 0 Å². The van der Waals surface area contributed by atoms with Crippen LogP contribution in [0.5, 0.6) is 5.75 Å². The van der Waals surface area contributed by atoms with E-state index in [0.717, 1.165) is 49.5 Å². The zero-order chi connectivity index (χ0) is 21.6. The average Bonchev–Trinajstić information content (AvgIpc) is 2.84. The minimum Gasteiger partial charge on any atom is -0.497 e. The van der Waals surface area contributed by atoms with Crippen molar-refractivity contribution in [1.82, 2.24) is 9.80 Å². The van der Waals surface area contributed by atoms with Crippen LogP contribution < -0.4 is 9.64 Å². The van der Waals surface area contributed by atoms with Gasteiger partial charge >= 0.3 is 0 Å². The predicted molar refractivity (Wildman–Crippen MR) is 121 cm³/mol. The molecule has 0 bridgehead atoms. The summed E-state index contributed by atoms with van der Waals surface area (Å²) in [6.45, 7) is 4.33. The highest BCUT2D eigenvalue weighted by molar-refractivity contribution is 5.82. The van der Waals surface area contributed by atoms with Crippen LogP contribution in [0.1, 0.15) is 18.4 Å². The van der Waals surface area contributed by atoms with Crippen LogP contribution in [0.3, 0.4) is 0 Å². The molecule has 6 nitrogen and oxygen atoms in total. The lowest BCUT2D eigenvalue weighted by molar-refractivity contribution is -0.140. The third-order valence-electron chi connectivity index (χ3n) is 6.33. The molecule has 0 aliphatic carbocycles. The highest BCUT2D eigenvalue weighted by Gasteiger charge is 2.32. The van der Waals surface area contributed by atoms with Crippen molar-refractivity contribution in [3.8, 4) is 5.75 Å². The molecule has 4 rings (SSSR count). The van der Waals surface area contributed by atoms with Gasteiger partial charge in [-0.15, -0.1) is 0 Å². The van der Waals surface area contributed by atoms with Crippen LogP contribution in [0.15, 0.2) is 54.6 Å². The molecular weight excluding hydrogens is 390 g/mol. The van der Waals surface area contributed by atoms with Crippen molar-refractivity contribution < 1.29 is 14.3 Å². The maximum Gasteiger partial charge on any atom is 0.227 e. The zero-order valence-electron chi connectivity index (χ0n) is 18.2. The quantitative estimate of drug-likeness (QED) is 0.745. The first-order valence-electron chi connectivity index (χ1n) is 11.1. The molecule has 2 amide bonds. The summed E-state index contributed by atoms with van der Waals surface area (Å²) in [7, 11) is 1.67. The van der Waals surface area contributed by atoms with Gasteiger partial charge < -0.3 is 19.4 Å². The summed E-state index contributed by atoms with van der Waals surface area (Å²) in [5.41, 5.74) is 2.15. The first kappa shape index (κ1) is 21.2. The number of rotatable bonds is 5. The van der Waals surface area contributed by atoms with Crippen LogP contribution in [0, 0.1) is 5.92 Å². The molecular formula is C25H31N3O3. The van der Waals surface area contributed by atoms with Crippen LogP contribution in [-0.4, -0.2) is 68.0 Å². The van der Waals surface area contributed by atoms with Gasteiger partial charge in [-0.1, -0.05) is 36.4 Å². The maximum absolute atomic E-state index is 13.2. The molecule has 2 aromatic rings. The minimum absolute atomic E-state index is 0.0863. The number of likely N-dealkylation sites (tertiary alicyclic amines) is 1. The summed E-state index contributed by atoms with van der Waals surface area (Å²) in [6.07, 6.45) is 2.16. The normalized spacial score (nSPS) is 19.3. The van der Waals surface area contributed by atoms with E-state index in [4.69, 9.17) is 4.74 Å². The molecule has 0 N–H and O–H groups in total. The van der Waals surface area contributed by atoms with E-state index in [1.807, 2.05) is 58.3 Å². The lowest BCUT2D eigenvalue weighted by Gasteiger charge is -2.39. The number of carbonyl (C=O) groups is 2. The van der Waals surface area contributed by atoms with Crippen LogP contribution >= 0.6 is 0 Å². The Balaban J connectivity index is 1.30. The molecule has 1 atom stereocenters. The zero-order valence-corrected chi connectivity index (χ0v) is 18.2. The molecule has 31 heavy (non-hydrogen) atoms. The van der Waals surface area contributed by atoms with Gasteiger partial charge in [0.2, 0.25) is 11.8 Å². The SMILES string of the molecule is COc1cccc(N2CCN(C(=O)[C@H]3CCCN(C(=O)Cc4ccccc4)C3)CC2)c1. The molecule has 2 aliphatic heterocycles. The lowest BCUT2D eigenvalue weighted by atomic mass is 9.95. The number of benzene rings is 2. The smallest absolute Gasteiger partial charge is 0.227 e. The highest BCUT2D eigenvalue weighted by atomic mass is 16.5. The summed E-state index contributed by atoms with van der Waals surface area (Å²) in [6, 6.07) is 17.9. The standard InChI is InChI=1S/C25H31N3O3/c1-31-23-11-5-10-22(18-23)26-13-15-27(16-14-26)25(30)21-9-6-12-28(19-21)24(29)17-20-7-3-2-4-8-20/h2-5,7-8,10-11,18,21H,6,9,12-17,19H2,1H3/t21-/m0/s1. The summed E-state index contributed by atoms with van der Waals surface area (Å²) in [4.78, 5) is 32.1. The van der Waals surface area contributed by atoms with Crippen molar-refractivity contribution in [1.29, 1.82) is 0 Å². The summed E-state index contributed by atoms with van der Waals surface area (Å²) in [5, 5.41) is 0. The van der Waals surface area contributed by atoms with Crippen LogP contribution in [0.4, 0.5) is 5.69 Å². The minimum atomic E-state index is -0.0863. The lowest BCUT2D eigenvalue weighted by Crippen LogP contribution is -2.53. The maximum atomic E-state index is 13.2. The molecule has 2 heterocycles. The summed E-state index contributed by atoms with van der Waals surface area (Å²) >= 11 is 0. The van der Waals surface area contributed by atoms with E-state index in [0.29, 0.717) is 26.1 Å². The summed E-state index contributed by atoms with van der Waals surface area (Å²) in [5.74, 6) is 1.07. The Hall–Kier alpha value is -3.02. The monoisotopic (exact) mass is 421 g/mol. The fourth-order valence-electron chi connectivity index (χ4n) is 4.54. The molecule has 164 valence electrons. The molecule has 2 fully saturated rings. The molecule has 6 heteroatoms. The Kier molecular flexibility index (Phi) is 6.75. The number of ether oxygens (including phenoxy) is 1. The van der Waals surface area contributed by atoms with Gasteiger partial charge in [0.25, 0.3) is 0 Å². The number of amides is 2. The fraction of sp³-hybridized carbons (Fsp3) is 0.440. The Bertz CT molecular complexity index is 894. The van der Waals surface area contributed by atoms with E-state index in [9.17, 15) is 9.59 Å². The van der Waals surface area contributed by atoms with E-state index >= 15 is 0 Å². The van der Waals surface area contributed by atoms with Gasteiger partial charge in [-0.05, 0) is 30.5 Å². The summed E-state index contributed by atoms with van der Waals surface area (Å²) < 4.78 is 5.33. The topological polar surface area (TPSA) is 53.1 Å². The van der Waals surface area contributed by atoms with Crippen molar-refractivity contribution in [3.05, 3.63) is 60.2 Å². The van der Waals surface area contributed by atoms with Crippen molar-refractivity contribution in [2.75, 3.05) is 51.3 Å². The Labute approximate surface area is 184 Å². The first-order valence-corrected chi connectivity index (χ1v) is 11.1. The van der Waals surface area contributed by atoms with E-state index in [1.54, 1.807) is 7.11 Å². The second-order valence-electron chi connectivity index (χ2n) is 8.36. The van der Waals surface area contributed by atoms with Crippen LogP contribution in [0.2, 0.25) is 0 Å². The average molecular weight is 422 g/mol. The number of piperazine rings is 1. The van der Waals surface area contributed by atoms with Gasteiger partial charge in [0.15, 0.2) is 0 Å². The number of piperidine rings is 1. The molecule has 2 aliphatic rings. The van der Waals surface area contributed by atoms with Crippen molar-refractivity contribution in [2.45, 2.75) is 19.3 Å². The molecule has 0 radical (unpaired) electrons. The second kappa shape index (κ2) is 9.86. The van der Waals surface area contributed by atoms with E-state index in [1.165, 1.54) is 0 Å². The number of hydrogen-bond donors (Lipinski definition) is 0. The highest BCUT2D eigenvalue weighted by Crippen LogP contribution is 2.24. The Morgan fingerprint density at radius 3 is 2.45 bits per heavy atom. The third kappa shape index (κ3) is 5.19. The Morgan fingerprint density at radius 2 is 1.71 bits per heavy atom. The van der Waals surface area contributed by atoms with Gasteiger partial charge in [0, 0.05) is 51.0 Å². The van der Waals surface area contributed by atoms with Gasteiger partial charge in [-0.3, -0.25) is 9.59 Å². The van der Waals surface area contributed by atoms with Gasteiger partial charge in [-0.2, -0.15) is 0 Å². The van der Waals surface area contributed by atoms with E-state index < -0.39 is 0 Å². The van der Waals surface area contributed by atoms with Crippen LogP contribution in [-0.2, 0) is 16.0 Å². The van der Waals surface area contributed by atoms with Gasteiger partial charge in [0.1, 0.15) is 5.75 Å². The van der Waals surface area contributed by atoms with E-state index in [-0.39, 0.29) is 17.7 Å². The van der Waals surface area contributed by atoms with Gasteiger partial charge in [-0.25, -0.2) is 0 Å². The number of hydrogen-bond acceptors (Lipinski definition) is 4. The van der Waals surface area contributed by atoms with Crippen molar-refractivity contribution in [3.63, 3.8) is 0 Å².